The highest BCUT2D eigenvalue weighted by Crippen LogP contribution is 2.40. The van der Waals surface area contributed by atoms with Crippen molar-refractivity contribution in [1.82, 2.24) is 19.4 Å². The van der Waals surface area contributed by atoms with Crippen LogP contribution in [0.1, 0.15) is 55.0 Å². The molecule has 1 amide bonds. The molecule has 2 heterocycles. The summed E-state index contributed by atoms with van der Waals surface area (Å²) in [5.41, 5.74) is 7.53. The van der Waals surface area contributed by atoms with Crippen LogP contribution in [-0.2, 0) is 6.54 Å². The smallest absolute Gasteiger partial charge is 0.256 e. The van der Waals surface area contributed by atoms with E-state index < -0.39 is 23.1 Å². The second kappa shape index (κ2) is 12.5. The Morgan fingerprint density at radius 2 is 1.80 bits per heavy atom. The molecule has 0 bridgehead atoms. The summed E-state index contributed by atoms with van der Waals surface area (Å²) in [6.07, 6.45) is 3.81. The van der Waals surface area contributed by atoms with Crippen LogP contribution in [0.3, 0.4) is 0 Å². The van der Waals surface area contributed by atoms with Crippen molar-refractivity contribution in [2.24, 2.45) is 11.1 Å². The third kappa shape index (κ3) is 7.05. The Balaban J connectivity index is 1.89. The lowest BCUT2D eigenvalue weighted by Gasteiger charge is -2.40. The topological polar surface area (TPSA) is 77.0 Å². The molecule has 10 heteroatoms. The second-order valence-electron chi connectivity index (χ2n) is 10.7. The van der Waals surface area contributed by atoms with Crippen LogP contribution in [0.4, 0.5) is 8.78 Å². The van der Waals surface area contributed by atoms with Crippen molar-refractivity contribution in [2.75, 3.05) is 13.1 Å². The Labute approximate surface area is 242 Å². The summed E-state index contributed by atoms with van der Waals surface area (Å²) in [4.78, 5) is 24.8. The van der Waals surface area contributed by atoms with E-state index in [-0.39, 0.29) is 17.6 Å². The first-order valence-electron chi connectivity index (χ1n) is 12.9. The number of hydrogen-bond acceptors (Lipinski definition) is 4. The quantitative estimate of drug-likeness (QED) is 0.211. The molecule has 0 aliphatic heterocycles. The molecule has 4 aromatic rings. The van der Waals surface area contributed by atoms with Crippen molar-refractivity contribution < 1.29 is 13.6 Å². The Kier molecular flexibility index (Phi) is 9.23. The van der Waals surface area contributed by atoms with Gasteiger partial charge in [0.05, 0.1) is 17.3 Å². The predicted molar refractivity (Wildman–Crippen MR) is 154 cm³/mol. The standard InChI is InChI=1S/C30H31Cl2F2N5O/c1-30(2,3)27(39(11-5-10-35)29(40)21-8-9-26(32)36-16-21)28-37-25(20-6-4-7-22(31)14-20)18-38(28)17-19-12-23(33)15-24(34)13-19/h4,6-9,12-16,18,27H,5,10-11,17,35H2,1-3H3. The summed E-state index contributed by atoms with van der Waals surface area (Å²) in [6.45, 7) is 6.91. The number of halogens is 4. The minimum absolute atomic E-state index is 0.131. The fraction of sp³-hybridized carbons (Fsp3) is 0.300. The van der Waals surface area contributed by atoms with Crippen LogP contribution in [0, 0.1) is 17.0 Å². The molecular weight excluding hydrogens is 555 g/mol. The fourth-order valence-corrected chi connectivity index (χ4v) is 5.03. The summed E-state index contributed by atoms with van der Waals surface area (Å²) in [7, 11) is 0. The first-order valence-corrected chi connectivity index (χ1v) is 13.6. The van der Waals surface area contributed by atoms with Crippen molar-refractivity contribution in [1.29, 1.82) is 0 Å². The van der Waals surface area contributed by atoms with Crippen LogP contribution >= 0.6 is 23.2 Å². The average Bonchev–Trinajstić information content (AvgIpc) is 3.28. The maximum Gasteiger partial charge on any atom is 0.256 e. The molecule has 210 valence electrons. The molecule has 0 saturated heterocycles. The summed E-state index contributed by atoms with van der Waals surface area (Å²) in [6, 6.07) is 13.3. The van der Waals surface area contributed by atoms with E-state index in [1.54, 1.807) is 29.2 Å². The van der Waals surface area contributed by atoms with Gasteiger partial charge in [-0.25, -0.2) is 18.7 Å². The monoisotopic (exact) mass is 585 g/mol. The Morgan fingerprint density at radius 1 is 1.07 bits per heavy atom. The van der Waals surface area contributed by atoms with Gasteiger partial charge in [0.15, 0.2) is 0 Å². The van der Waals surface area contributed by atoms with Gasteiger partial charge in [-0.3, -0.25) is 4.79 Å². The number of amides is 1. The lowest BCUT2D eigenvalue weighted by Crippen LogP contribution is -2.43. The lowest BCUT2D eigenvalue weighted by atomic mass is 9.84. The third-order valence-corrected chi connectivity index (χ3v) is 6.88. The molecule has 0 spiro atoms. The van der Waals surface area contributed by atoms with E-state index in [9.17, 15) is 13.6 Å². The molecule has 6 nitrogen and oxygen atoms in total. The minimum Gasteiger partial charge on any atom is -0.330 e. The van der Waals surface area contributed by atoms with Gasteiger partial charge in [0.1, 0.15) is 22.6 Å². The molecule has 2 N–H and O–H groups in total. The fourth-order valence-electron chi connectivity index (χ4n) is 4.73. The van der Waals surface area contributed by atoms with Gasteiger partial charge in [0, 0.05) is 42.1 Å². The zero-order valence-electron chi connectivity index (χ0n) is 22.5. The van der Waals surface area contributed by atoms with Gasteiger partial charge in [-0.05, 0) is 60.3 Å². The molecule has 1 unspecified atom stereocenters. The first-order chi connectivity index (χ1) is 19.0. The lowest BCUT2D eigenvalue weighted by molar-refractivity contribution is 0.0482. The van der Waals surface area contributed by atoms with Crippen LogP contribution < -0.4 is 5.73 Å². The molecule has 0 aliphatic rings. The number of hydrogen-bond donors (Lipinski definition) is 1. The molecule has 0 fully saturated rings. The van der Waals surface area contributed by atoms with Crippen LogP contribution in [0.2, 0.25) is 10.2 Å². The Hall–Kier alpha value is -3.33. The van der Waals surface area contributed by atoms with Gasteiger partial charge in [-0.2, -0.15) is 0 Å². The average molecular weight is 587 g/mol. The Bertz CT molecular complexity index is 1460. The van der Waals surface area contributed by atoms with E-state index in [0.29, 0.717) is 47.2 Å². The second-order valence-corrected chi connectivity index (χ2v) is 11.5. The Morgan fingerprint density at radius 3 is 2.40 bits per heavy atom. The number of carbonyl (C=O) groups excluding carboxylic acids is 1. The van der Waals surface area contributed by atoms with Gasteiger partial charge in [0.25, 0.3) is 5.91 Å². The molecule has 2 aromatic heterocycles. The zero-order valence-corrected chi connectivity index (χ0v) is 24.1. The predicted octanol–water partition coefficient (Wildman–Crippen LogP) is 7.16. The minimum atomic E-state index is -0.672. The van der Waals surface area contributed by atoms with Crippen molar-refractivity contribution in [2.45, 2.75) is 39.8 Å². The van der Waals surface area contributed by atoms with E-state index in [2.05, 4.69) is 4.98 Å². The number of imidazole rings is 1. The first kappa shape index (κ1) is 29.6. The normalized spacial score (nSPS) is 12.4. The maximum absolute atomic E-state index is 14.1. The van der Waals surface area contributed by atoms with Crippen LogP contribution in [-0.4, -0.2) is 38.4 Å². The molecule has 1 atom stereocenters. The summed E-state index contributed by atoms with van der Waals surface area (Å²) in [5, 5.41) is 0.824. The number of aromatic nitrogens is 3. The largest absolute Gasteiger partial charge is 0.330 e. The highest BCUT2D eigenvalue weighted by atomic mass is 35.5. The van der Waals surface area contributed by atoms with Crippen LogP contribution in [0.5, 0.6) is 0 Å². The maximum atomic E-state index is 14.1. The highest BCUT2D eigenvalue weighted by Gasteiger charge is 2.38. The van der Waals surface area contributed by atoms with E-state index in [1.165, 1.54) is 18.3 Å². The zero-order chi connectivity index (χ0) is 29.0. The summed E-state index contributed by atoms with van der Waals surface area (Å²) >= 11 is 12.2. The molecule has 40 heavy (non-hydrogen) atoms. The van der Waals surface area contributed by atoms with Gasteiger partial charge in [0.2, 0.25) is 0 Å². The number of benzene rings is 2. The van der Waals surface area contributed by atoms with E-state index in [4.69, 9.17) is 33.9 Å². The van der Waals surface area contributed by atoms with Gasteiger partial charge < -0.3 is 15.2 Å². The number of pyridine rings is 1. The van der Waals surface area contributed by atoms with Crippen molar-refractivity contribution in [3.8, 4) is 11.3 Å². The summed E-state index contributed by atoms with van der Waals surface area (Å²) < 4.78 is 30.1. The van der Waals surface area contributed by atoms with E-state index >= 15 is 0 Å². The molecule has 0 radical (unpaired) electrons. The highest BCUT2D eigenvalue weighted by molar-refractivity contribution is 6.30. The number of nitrogens with two attached hydrogens (primary N) is 1. The van der Waals surface area contributed by atoms with E-state index in [1.807, 2.05) is 43.7 Å². The van der Waals surface area contributed by atoms with Crippen molar-refractivity contribution in [3.05, 3.63) is 106 Å². The van der Waals surface area contributed by atoms with Crippen LogP contribution in [0.15, 0.2) is 67.0 Å². The van der Waals surface area contributed by atoms with Gasteiger partial charge in [-0.1, -0.05) is 56.1 Å². The third-order valence-electron chi connectivity index (χ3n) is 6.42. The molecule has 0 saturated carbocycles. The SMILES string of the molecule is CC(C)(C)C(c1nc(-c2cccc(Cl)c2)cn1Cc1cc(F)cc(F)c1)N(CCCN)C(=O)c1ccc(Cl)nc1. The molecule has 0 aliphatic carbocycles. The molecule has 2 aromatic carbocycles. The number of rotatable bonds is 9. The summed E-state index contributed by atoms with van der Waals surface area (Å²) in [5.74, 6) is -1.05. The van der Waals surface area contributed by atoms with Crippen LogP contribution in [0.25, 0.3) is 11.3 Å². The van der Waals surface area contributed by atoms with Crippen molar-refractivity contribution in [3.63, 3.8) is 0 Å². The van der Waals surface area contributed by atoms with Gasteiger partial charge in [-0.15, -0.1) is 0 Å². The van der Waals surface area contributed by atoms with E-state index in [0.717, 1.165) is 11.6 Å². The molecular formula is C30H31Cl2F2N5O. The number of nitrogens with zero attached hydrogens (tertiary/aromatic N) is 4. The van der Waals surface area contributed by atoms with Gasteiger partial charge >= 0.3 is 0 Å². The molecule has 4 rings (SSSR count). The van der Waals surface area contributed by atoms with Crippen molar-refractivity contribution >= 4 is 29.1 Å². The number of carbonyl (C=O) groups is 1.